The normalized spacial score (nSPS) is 16.8. The summed E-state index contributed by atoms with van der Waals surface area (Å²) in [5.41, 5.74) is 1.02. The Labute approximate surface area is 148 Å². The van der Waals surface area contributed by atoms with E-state index in [1.54, 1.807) is 12.1 Å². The lowest BCUT2D eigenvalue weighted by Gasteiger charge is -2.17. The van der Waals surface area contributed by atoms with E-state index in [1.165, 1.54) is 19.1 Å². The molecule has 0 radical (unpaired) electrons. The fraction of sp³-hybridized carbons (Fsp3) is 0.200. The van der Waals surface area contributed by atoms with Crippen molar-refractivity contribution < 1.29 is 18.7 Å². The quantitative estimate of drug-likeness (QED) is 0.775. The minimum absolute atomic E-state index is 0.0600. The second-order valence-electron chi connectivity index (χ2n) is 6.38. The standard InChI is InChI=1S/C20H16F2N2O2/c1-12(25)15-6-4-8-17-18(15)20(21,22)19(26)24(17)11-14-10-9-13-5-2-3-7-16(13)23-14/h2-10,12,25H,11H2,1H3/t12-/m0/s1. The van der Waals surface area contributed by atoms with E-state index in [1.807, 2.05) is 30.3 Å². The molecule has 0 fully saturated rings. The molecule has 1 amide bonds. The van der Waals surface area contributed by atoms with Crippen LogP contribution in [0, 0.1) is 0 Å². The SMILES string of the molecule is C[C@H](O)c1cccc2c1C(F)(F)C(=O)N2Cc1ccc2ccccc2n1. The Hall–Kier alpha value is -2.86. The molecular weight excluding hydrogens is 338 g/mol. The number of hydrogen-bond donors (Lipinski definition) is 1. The topological polar surface area (TPSA) is 53.4 Å². The molecule has 0 unspecified atom stereocenters. The van der Waals surface area contributed by atoms with E-state index in [2.05, 4.69) is 4.98 Å². The van der Waals surface area contributed by atoms with Crippen LogP contribution in [0.5, 0.6) is 0 Å². The molecule has 1 aliphatic heterocycles. The average molecular weight is 354 g/mol. The second kappa shape index (κ2) is 5.85. The molecule has 1 aromatic heterocycles. The molecule has 0 spiro atoms. The Kier molecular flexibility index (Phi) is 3.73. The minimum atomic E-state index is -3.67. The summed E-state index contributed by atoms with van der Waals surface area (Å²) in [6.45, 7) is 1.35. The molecular formula is C20H16F2N2O2. The van der Waals surface area contributed by atoms with Crippen LogP contribution in [0.15, 0.2) is 54.6 Å². The summed E-state index contributed by atoms with van der Waals surface area (Å²) in [4.78, 5) is 17.9. The number of aliphatic hydroxyl groups is 1. The Morgan fingerprint density at radius 3 is 2.65 bits per heavy atom. The van der Waals surface area contributed by atoms with Gasteiger partial charge in [0, 0.05) is 5.39 Å². The van der Waals surface area contributed by atoms with E-state index in [-0.39, 0.29) is 17.8 Å². The summed E-state index contributed by atoms with van der Waals surface area (Å²) in [6, 6.07) is 15.5. The molecule has 4 rings (SSSR count). The summed E-state index contributed by atoms with van der Waals surface area (Å²) >= 11 is 0. The number of carbonyl (C=O) groups excluding carboxylic acids is 1. The lowest BCUT2D eigenvalue weighted by molar-refractivity contribution is -0.141. The van der Waals surface area contributed by atoms with Crippen LogP contribution in [0.4, 0.5) is 14.5 Å². The van der Waals surface area contributed by atoms with Crippen molar-refractivity contribution in [2.45, 2.75) is 25.5 Å². The molecule has 4 nitrogen and oxygen atoms in total. The van der Waals surface area contributed by atoms with E-state index in [0.717, 1.165) is 15.8 Å². The van der Waals surface area contributed by atoms with Crippen LogP contribution in [0.3, 0.4) is 0 Å². The molecule has 132 valence electrons. The van der Waals surface area contributed by atoms with Crippen molar-refractivity contribution in [2.24, 2.45) is 0 Å². The maximum absolute atomic E-state index is 14.6. The van der Waals surface area contributed by atoms with E-state index < -0.39 is 23.5 Å². The molecule has 2 aromatic carbocycles. The molecule has 0 aliphatic carbocycles. The smallest absolute Gasteiger partial charge is 0.352 e. The fourth-order valence-corrected chi connectivity index (χ4v) is 3.37. The third kappa shape index (κ3) is 2.45. The zero-order chi connectivity index (χ0) is 18.5. The number of aromatic nitrogens is 1. The van der Waals surface area contributed by atoms with Gasteiger partial charge in [-0.25, -0.2) is 0 Å². The first-order valence-electron chi connectivity index (χ1n) is 8.25. The summed E-state index contributed by atoms with van der Waals surface area (Å²) in [6.07, 6.45) is -1.10. The van der Waals surface area contributed by atoms with Gasteiger partial charge >= 0.3 is 11.8 Å². The third-order valence-electron chi connectivity index (χ3n) is 4.62. The number of fused-ring (bicyclic) bond motifs is 2. The average Bonchev–Trinajstić information content (AvgIpc) is 2.82. The number of nitrogens with zero attached hydrogens (tertiary/aromatic N) is 2. The first-order chi connectivity index (χ1) is 12.4. The molecule has 0 bridgehead atoms. The lowest BCUT2D eigenvalue weighted by Crippen LogP contribution is -2.34. The molecule has 2 heterocycles. The molecule has 0 saturated carbocycles. The highest BCUT2D eigenvalue weighted by molar-refractivity contribution is 6.06. The fourth-order valence-electron chi connectivity index (χ4n) is 3.37. The van der Waals surface area contributed by atoms with Gasteiger partial charge < -0.3 is 10.0 Å². The highest BCUT2D eigenvalue weighted by Crippen LogP contribution is 2.47. The van der Waals surface area contributed by atoms with Gasteiger partial charge in [0.1, 0.15) is 0 Å². The van der Waals surface area contributed by atoms with E-state index in [0.29, 0.717) is 5.69 Å². The van der Waals surface area contributed by atoms with Crippen molar-refractivity contribution >= 4 is 22.5 Å². The first kappa shape index (κ1) is 16.6. The van der Waals surface area contributed by atoms with Gasteiger partial charge in [-0.3, -0.25) is 9.78 Å². The van der Waals surface area contributed by atoms with Crippen LogP contribution in [-0.2, 0) is 17.3 Å². The van der Waals surface area contributed by atoms with Gasteiger partial charge in [-0.1, -0.05) is 36.4 Å². The van der Waals surface area contributed by atoms with E-state index in [9.17, 15) is 18.7 Å². The van der Waals surface area contributed by atoms with Crippen molar-refractivity contribution in [3.05, 3.63) is 71.4 Å². The Balaban J connectivity index is 1.78. The number of amides is 1. The van der Waals surface area contributed by atoms with E-state index >= 15 is 0 Å². The van der Waals surface area contributed by atoms with E-state index in [4.69, 9.17) is 0 Å². The van der Waals surface area contributed by atoms with Gasteiger partial charge in [-0.2, -0.15) is 8.78 Å². The second-order valence-corrected chi connectivity index (χ2v) is 6.38. The van der Waals surface area contributed by atoms with Gasteiger partial charge in [0.05, 0.1) is 35.1 Å². The third-order valence-corrected chi connectivity index (χ3v) is 4.62. The van der Waals surface area contributed by atoms with Crippen LogP contribution in [0.2, 0.25) is 0 Å². The van der Waals surface area contributed by atoms with Crippen molar-refractivity contribution in [3.8, 4) is 0 Å². The van der Waals surface area contributed by atoms with Crippen LogP contribution in [-0.4, -0.2) is 16.0 Å². The maximum atomic E-state index is 14.6. The van der Waals surface area contributed by atoms with Crippen molar-refractivity contribution in [1.29, 1.82) is 0 Å². The maximum Gasteiger partial charge on any atom is 0.352 e. The summed E-state index contributed by atoms with van der Waals surface area (Å²) in [7, 11) is 0. The Morgan fingerprint density at radius 1 is 1.12 bits per heavy atom. The van der Waals surface area contributed by atoms with Gasteiger partial charge in [0.15, 0.2) is 0 Å². The molecule has 3 aromatic rings. The number of para-hydroxylation sites is 1. The Bertz CT molecular complexity index is 1020. The minimum Gasteiger partial charge on any atom is -0.389 e. The number of carbonyl (C=O) groups is 1. The van der Waals surface area contributed by atoms with Crippen LogP contribution in [0.1, 0.15) is 29.8 Å². The number of alkyl halides is 2. The van der Waals surface area contributed by atoms with Gasteiger partial charge in [0.2, 0.25) is 0 Å². The first-order valence-corrected chi connectivity index (χ1v) is 8.25. The van der Waals surface area contributed by atoms with Crippen molar-refractivity contribution in [2.75, 3.05) is 4.90 Å². The number of hydrogen-bond acceptors (Lipinski definition) is 3. The van der Waals surface area contributed by atoms with Crippen molar-refractivity contribution in [3.63, 3.8) is 0 Å². The molecule has 26 heavy (non-hydrogen) atoms. The zero-order valence-electron chi connectivity index (χ0n) is 14.0. The highest BCUT2D eigenvalue weighted by atomic mass is 19.3. The molecule has 1 aliphatic rings. The highest BCUT2D eigenvalue weighted by Gasteiger charge is 2.54. The number of benzene rings is 2. The predicted octanol–water partition coefficient (Wildman–Crippen LogP) is 3.93. The summed E-state index contributed by atoms with van der Waals surface area (Å²) in [5, 5.41) is 10.8. The number of aliphatic hydroxyl groups excluding tert-OH is 1. The van der Waals surface area contributed by atoms with Crippen LogP contribution in [0.25, 0.3) is 10.9 Å². The molecule has 1 N–H and O–H groups in total. The lowest BCUT2D eigenvalue weighted by atomic mass is 9.98. The molecule has 1 atom stereocenters. The van der Waals surface area contributed by atoms with Gasteiger partial charge in [0.25, 0.3) is 0 Å². The number of pyridine rings is 1. The molecule has 0 saturated heterocycles. The molecule has 6 heteroatoms. The van der Waals surface area contributed by atoms with Gasteiger partial charge in [-0.05, 0) is 30.7 Å². The monoisotopic (exact) mass is 354 g/mol. The summed E-state index contributed by atoms with van der Waals surface area (Å²) < 4.78 is 29.3. The largest absolute Gasteiger partial charge is 0.389 e. The summed E-state index contributed by atoms with van der Waals surface area (Å²) in [5.74, 6) is -4.96. The van der Waals surface area contributed by atoms with Crippen molar-refractivity contribution in [1.82, 2.24) is 4.98 Å². The number of anilines is 1. The number of rotatable bonds is 3. The van der Waals surface area contributed by atoms with Crippen LogP contribution >= 0.6 is 0 Å². The van der Waals surface area contributed by atoms with Crippen LogP contribution < -0.4 is 4.90 Å². The zero-order valence-corrected chi connectivity index (χ0v) is 14.0. The Morgan fingerprint density at radius 2 is 1.88 bits per heavy atom. The predicted molar refractivity (Wildman–Crippen MR) is 93.9 cm³/mol. The van der Waals surface area contributed by atoms with Gasteiger partial charge in [-0.15, -0.1) is 0 Å². The number of halogens is 2.